The molecule has 0 unspecified atom stereocenters. The molecule has 94 valence electrons. The number of carbonyl (C=O) groups excluding carboxylic acids is 1. The third kappa shape index (κ3) is 2.08. The zero-order valence-corrected chi connectivity index (χ0v) is 10.3. The fraction of sp³-hybridized carbons (Fsp3) is 0.0667. The molecule has 0 aliphatic heterocycles. The Morgan fingerprint density at radius 1 is 1.21 bits per heavy atom. The van der Waals surface area contributed by atoms with Crippen molar-refractivity contribution < 1.29 is 13.9 Å². The maximum atomic E-state index is 11.4. The van der Waals surface area contributed by atoms with Gasteiger partial charge in [0.05, 0.1) is 7.11 Å². The molecular formula is C15H11NO3. The van der Waals surface area contributed by atoms with Crippen molar-refractivity contribution in [1.82, 2.24) is 4.98 Å². The monoisotopic (exact) mass is 253 g/mol. The van der Waals surface area contributed by atoms with E-state index in [0.717, 1.165) is 16.5 Å². The lowest BCUT2D eigenvalue weighted by Gasteiger charge is -1.99. The van der Waals surface area contributed by atoms with Crippen molar-refractivity contribution in [2.45, 2.75) is 0 Å². The number of esters is 1. The van der Waals surface area contributed by atoms with Gasteiger partial charge in [0.15, 0.2) is 0 Å². The summed E-state index contributed by atoms with van der Waals surface area (Å²) in [5, 5.41) is 0.863. The van der Waals surface area contributed by atoms with Gasteiger partial charge >= 0.3 is 5.97 Å². The second kappa shape index (κ2) is 4.57. The van der Waals surface area contributed by atoms with E-state index in [1.54, 1.807) is 18.5 Å². The summed E-state index contributed by atoms with van der Waals surface area (Å²) in [7, 11) is 1.33. The van der Waals surface area contributed by atoms with E-state index in [1.165, 1.54) is 7.11 Å². The number of hydrogen-bond donors (Lipinski definition) is 0. The SMILES string of the molecule is COC(=O)c1cc2cc(-c3cccnc3)ccc2o1. The van der Waals surface area contributed by atoms with Crippen LogP contribution in [0.15, 0.2) is 53.2 Å². The summed E-state index contributed by atoms with van der Waals surface area (Å²) in [6, 6.07) is 11.3. The fourth-order valence-corrected chi connectivity index (χ4v) is 1.96. The maximum absolute atomic E-state index is 11.4. The summed E-state index contributed by atoms with van der Waals surface area (Å²) < 4.78 is 10.1. The van der Waals surface area contributed by atoms with Crippen LogP contribution < -0.4 is 0 Å². The Bertz CT molecular complexity index is 731. The molecule has 0 spiro atoms. The smallest absolute Gasteiger partial charge is 0.373 e. The Balaban J connectivity index is 2.09. The molecular weight excluding hydrogens is 242 g/mol. The molecule has 3 rings (SSSR count). The summed E-state index contributed by atoms with van der Waals surface area (Å²) in [5.74, 6) is -0.264. The van der Waals surface area contributed by atoms with Crippen molar-refractivity contribution in [2.75, 3.05) is 7.11 Å². The van der Waals surface area contributed by atoms with Crippen LogP contribution in [0, 0.1) is 0 Å². The first-order valence-corrected chi connectivity index (χ1v) is 5.80. The molecule has 4 heteroatoms. The molecule has 0 aliphatic rings. The van der Waals surface area contributed by atoms with Crippen molar-refractivity contribution in [3.05, 3.63) is 54.6 Å². The highest BCUT2D eigenvalue weighted by molar-refractivity contribution is 5.93. The Morgan fingerprint density at radius 3 is 2.84 bits per heavy atom. The van der Waals surface area contributed by atoms with E-state index in [0.29, 0.717) is 5.58 Å². The third-order valence-corrected chi connectivity index (χ3v) is 2.90. The Labute approximate surface area is 109 Å². The molecule has 0 atom stereocenters. The Morgan fingerprint density at radius 2 is 2.11 bits per heavy atom. The van der Waals surface area contributed by atoms with Crippen molar-refractivity contribution in [3.63, 3.8) is 0 Å². The minimum absolute atomic E-state index is 0.209. The number of pyridine rings is 1. The number of methoxy groups -OCH3 is 1. The van der Waals surface area contributed by atoms with Gasteiger partial charge in [0.25, 0.3) is 0 Å². The number of hydrogen-bond acceptors (Lipinski definition) is 4. The lowest BCUT2D eigenvalue weighted by Crippen LogP contribution is -1.97. The zero-order chi connectivity index (χ0) is 13.2. The summed E-state index contributed by atoms with van der Waals surface area (Å²) in [6.45, 7) is 0. The van der Waals surface area contributed by atoms with Crippen molar-refractivity contribution in [3.8, 4) is 11.1 Å². The topological polar surface area (TPSA) is 52.3 Å². The van der Waals surface area contributed by atoms with Gasteiger partial charge in [0.2, 0.25) is 5.76 Å². The van der Waals surface area contributed by atoms with Crippen LogP contribution in [0.3, 0.4) is 0 Å². The average Bonchev–Trinajstić information content (AvgIpc) is 2.90. The molecule has 0 fully saturated rings. The van der Waals surface area contributed by atoms with Gasteiger partial charge in [-0.05, 0) is 29.8 Å². The predicted octanol–water partition coefficient (Wildman–Crippen LogP) is 3.28. The quantitative estimate of drug-likeness (QED) is 0.658. The number of aromatic nitrogens is 1. The molecule has 0 N–H and O–H groups in total. The zero-order valence-electron chi connectivity index (χ0n) is 10.3. The lowest BCUT2D eigenvalue weighted by atomic mass is 10.1. The number of fused-ring (bicyclic) bond motifs is 1. The summed E-state index contributed by atoms with van der Waals surface area (Å²) in [4.78, 5) is 15.5. The van der Waals surface area contributed by atoms with Crippen molar-refractivity contribution in [1.29, 1.82) is 0 Å². The highest BCUT2D eigenvalue weighted by Gasteiger charge is 2.12. The largest absolute Gasteiger partial charge is 0.463 e. The Kier molecular flexibility index (Phi) is 2.76. The van der Waals surface area contributed by atoms with Gasteiger partial charge in [-0.15, -0.1) is 0 Å². The van der Waals surface area contributed by atoms with Crippen molar-refractivity contribution >= 4 is 16.9 Å². The van der Waals surface area contributed by atoms with Gasteiger partial charge in [-0.3, -0.25) is 4.98 Å². The molecule has 3 aromatic rings. The van der Waals surface area contributed by atoms with Crippen LogP contribution in [0.25, 0.3) is 22.1 Å². The van der Waals surface area contributed by atoms with Crippen molar-refractivity contribution in [2.24, 2.45) is 0 Å². The molecule has 0 bridgehead atoms. The second-order valence-corrected chi connectivity index (χ2v) is 4.10. The molecule has 2 aromatic heterocycles. The lowest BCUT2D eigenvalue weighted by molar-refractivity contribution is 0.0567. The minimum atomic E-state index is -0.473. The molecule has 0 amide bonds. The fourth-order valence-electron chi connectivity index (χ4n) is 1.96. The molecule has 0 aliphatic carbocycles. The molecule has 4 nitrogen and oxygen atoms in total. The standard InChI is InChI=1S/C15H11NO3/c1-18-15(17)14-8-12-7-10(4-5-13(12)19-14)11-3-2-6-16-9-11/h2-9H,1H3. The van der Waals surface area contributed by atoms with Gasteiger partial charge in [-0.25, -0.2) is 4.79 Å². The van der Waals surface area contributed by atoms with E-state index in [1.807, 2.05) is 30.3 Å². The third-order valence-electron chi connectivity index (χ3n) is 2.90. The van der Waals surface area contributed by atoms with E-state index in [2.05, 4.69) is 9.72 Å². The van der Waals surface area contributed by atoms with Crippen LogP contribution in [0.1, 0.15) is 10.6 Å². The first-order chi connectivity index (χ1) is 9.28. The van der Waals surface area contributed by atoms with Gasteiger partial charge in [-0.2, -0.15) is 0 Å². The summed E-state index contributed by atoms with van der Waals surface area (Å²) >= 11 is 0. The number of benzene rings is 1. The van der Waals surface area contributed by atoms with Gasteiger partial charge in [0.1, 0.15) is 5.58 Å². The van der Waals surface area contributed by atoms with Crippen LogP contribution in [-0.2, 0) is 4.74 Å². The molecule has 2 heterocycles. The number of rotatable bonds is 2. The maximum Gasteiger partial charge on any atom is 0.373 e. The number of ether oxygens (including phenoxy) is 1. The highest BCUT2D eigenvalue weighted by Crippen LogP contribution is 2.26. The second-order valence-electron chi connectivity index (χ2n) is 4.10. The average molecular weight is 253 g/mol. The van der Waals surface area contributed by atoms with E-state index in [9.17, 15) is 4.79 Å². The van der Waals surface area contributed by atoms with Gasteiger partial charge in [0, 0.05) is 23.3 Å². The molecule has 0 radical (unpaired) electrons. The van der Waals surface area contributed by atoms with E-state index in [-0.39, 0.29) is 5.76 Å². The van der Waals surface area contributed by atoms with Crippen LogP contribution >= 0.6 is 0 Å². The highest BCUT2D eigenvalue weighted by atomic mass is 16.5. The first-order valence-electron chi connectivity index (χ1n) is 5.80. The van der Waals surface area contributed by atoms with Crippen LogP contribution in [0.2, 0.25) is 0 Å². The normalized spacial score (nSPS) is 10.6. The Hall–Kier alpha value is -2.62. The van der Waals surface area contributed by atoms with Crippen LogP contribution in [-0.4, -0.2) is 18.1 Å². The van der Waals surface area contributed by atoms with Gasteiger partial charge in [-0.1, -0.05) is 12.1 Å². The molecule has 0 saturated carbocycles. The van der Waals surface area contributed by atoms with Gasteiger partial charge < -0.3 is 9.15 Å². The number of nitrogens with zero attached hydrogens (tertiary/aromatic N) is 1. The summed E-state index contributed by atoms with van der Waals surface area (Å²) in [6.07, 6.45) is 3.53. The summed E-state index contributed by atoms with van der Waals surface area (Å²) in [5.41, 5.74) is 2.70. The number of carbonyl (C=O) groups is 1. The first kappa shape index (κ1) is 11.5. The molecule has 1 aromatic carbocycles. The predicted molar refractivity (Wildman–Crippen MR) is 70.8 cm³/mol. The number of furan rings is 1. The van der Waals surface area contributed by atoms with E-state index >= 15 is 0 Å². The van der Waals surface area contributed by atoms with Crippen LogP contribution in [0.4, 0.5) is 0 Å². The molecule has 0 saturated heterocycles. The van der Waals surface area contributed by atoms with Crippen LogP contribution in [0.5, 0.6) is 0 Å². The molecule has 19 heavy (non-hydrogen) atoms. The van der Waals surface area contributed by atoms with E-state index < -0.39 is 5.97 Å². The van der Waals surface area contributed by atoms with E-state index in [4.69, 9.17) is 4.42 Å². The minimum Gasteiger partial charge on any atom is -0.463 e.